The number of nitrogens with one attached hydrogen (secondary N) is 1. The van der Waals surface area contributed by atoms with Crippen molar-refractivity contribution >= 4 is 28.9 Å². The van der Waals surface area contributed by atoms with E-state index in [1.54, 1.807) is 0 Å². The molecule has 1 heterocycles. The van der Waals surface area contributed by atoms with Gasteiger partial charge in [-0.15, -0.1) is 0 Å². The maximum absolute atomic E-state index is 14.1. The first kappa shape index (κ1) is 25.5. The van der Waals surface area contributed by atoms with E-state index in [0.29, 0.717) is 24.0 Å². The topological polar surface area (TPSA) is 82.5 Å². The maximum atomic E-state index is 14.1. The van der Waals surface area contributed by atoms with Crippen molar-refractivity contribution in [2.75, 3.05) is 11.4 Å². The number of aryl methyl sites for hydroxylation is 1. The monoisotopic (exact) mass is 473 g/mol. The highest BCUT2D eigenvalue weighted by atomic mass is 32.2. The SMILES string of the molecule is CCCCc1nc(C(F)(F)F)ccc1C=CC(=O)NCc1ccc(N(C)S(=O)O)c(F)c1. The number of nitrogens with zero attached hydrogens (tertiary/aromatic N) is 2. The molecule has 11 heteroatoms. The maximum Gasteiger partial charge on any atom is 0.433 e. The number of carbonyl (C=O) groups is 1. The Hall–Kier alpha value is -2.79. The molecule has 0 radical (unpaired) electrons. The molecule has 32 heavy (non-hydrogen) atoms. The lowest BCUT2D eigenvalue weighted by Crippen LogP contribution is -2.22. The predicted molar refractivity (Wildman–Crippen MR) is 114 cm³/mol. The molecule has 0 saturated heterocycles. The Labute approximate surface area is 185 Å². The van der Waals surface area contributed by atoms with Crippen molar-refractivity contribution in [3.05, 3.63) is 64.7 Å². The molecule has 0 aliphatic carbocycles. The molecule has 1 amide bonds. The van der Waals surface area contributed by atoms with Gasteiger partial charge in [0.25, 0.3) is 11.3 Å². The van der Waals surface area contributed by atoms with E-state index in [9.17, 15) is 26.6 Å². The molecule has 2 rings (SSSR count). The molecule has 2 aromatic rings. The largest absolute Gasteiger partial charge is 0.433 e. The van der Waals surface area contributed by atoms with Crippen LogP contribution in [0, 0.1) is 5.82 Å². The summed E-state index contributed by atoms with van der Waals surface area (Å²) in [5.41, 5.74) is 0.0392. The van der Waals surface area contributed by atoms with Crippen LogP contribution in [0.25, 0.3) is 6.08 Å². The Kier molecular flexibility index (Phi) is 8.90. The highest BCUT2D eigenvalue weighted by Crippen LogP contribution is 2.29. The first-order chi connectivity index (χ1) is 15.0. The van der Waals surface area contributed by atoms with Crippen LogP contribution in [0.4, 0.5) is 23.2 Å². The molecule has 0 aliphatic rings. The van der Waals surface area contributed by atoms with E-state index in [1.807, 2.05) is 6.92 Å². The Morgan fingerprint density at radius 3 is 2.59 bits per heavy atom. The number of carbonyl (C=O) groups excluding carboxylic acids is 1. The van der Waals surface area contributed by atoms with Crippen LogP contribution in [0.1, 0.15) is 42.3 Å². The fourth-order valence-corrected chi connectivity index (χ4v) is 3.10. The minimum Gasteiger partial charge on any atom is -0.348 e. The molecule has 1 atom stereocenters. The number of halogens is 4. The van der Waals surface area contributed by atoms with Gasteiger partial charge in [-0.1, -0.05) is 25.5 Å². The Bertz CT molecular complexity index is 1010. The van der Waals surface area contributed by atoms with Gasteiger partial charge in [0.15, 0.2) is 0 Å². The van der Waals surface area contributed by atoms with Gasteiger partial charge < -0.3 is 5.32 Å². The molecule has 6 nitrogen and oxygen atoms in total. The van der Waals surface area contributed by atoms with E-state index in [0.717, 1.165) is 22.9 Å². The fourth-order valence-electron chi connectivity index (χ4n) is 2.78. The van der Waals surface area contributed by atoms with E-state index in [2.05, 4.69) is 10.3 Å². The summed E-state index contributed by atoms with van der Waals surface area (Å²) in [6.07, 6.45) is -0.203. The normalized spacial score (nSPS) is 12.7. The molecule has 1 aromatic carbocycles. The zero-order valence-electron chi connectivity index (χ0n) is 17.4. The van der Waals surface area contributed by atoms with Gasteiger partial charge in [-0.05, 0) is 48.2 Å². The lowest BCUT2D eigenvalue weighted by Gasteiger charge is -2.15. The van der Waals surface area contributed by atoms with Gasteiger partial charge in [0.05, 0.1) is 5.69 Å². The minimum absolute atomic E-state index is 0.0136. The lowest BCUT2D eigenvalue weighted by atomic mass is 10.1. The van der Waals surface area contributed by atoms with Gasteiger partial charge in [0.1, 0.15) is 11.5 Å². The highest BCUT2D eigenvalue weighted by Gasteiger charge is 2.32. The number of benzene rings is 1. The molecule has 2 N–H and O–H groups in total. The number of alkyl halides is 3. The van der Waals surface area contributed by atoms with E-state index < -0.39 is 34.9 Å². The zero-order valence-corrected chi connectivity index (χ0v) is 18.3. The summed E-state index contributed by atoms with van der Waals surface area (Å²) in [4.78, 5) is 15.8. The van der Waals surface area contributed by atoms with Crippen LogP contribution < -0.4 is 9.62 Å². The Morgan fingerprint density at radius 2 is 2.00 bits per heavy atom. The third-order valence-corrected chi connectivity index (χ3v) is 5.20. The number of aromatic nitrogens is 1. The summed E-state index contributed by atoms with van der Waals surface area (Å²) < 4.78 is 73.8. The molecule has 1 unspecified atom stereocenters. The second kappa shape index (κ2) is 11.2. The smallest absolute Gasteiger partial charge is 0.348 e. The first-order valence-corrected chi connectivity index (χ1v) is 10.8. The summed E-state index contributed by atoms with van der Waals surface area (Å²) in [6.45, 7) is 1.90. The number of amides is 1. The summed E-state index contributed by atoms with van der Waals surface area (Å²) >= 11 is -2.37. The summed E-state index contributed by atoms with van der Waals surface area (Å²) in [5.74, 6) is -1.25. The average Bonchev–Trinajstić information content (AvgIpc) is 2.73. The van der Waals surface area contributed by atoms with E-state index in [1.165, 1.54) is 37.4 Å². The Balaban J connectivity index is 2.07. The third-order valence-electron chi connectivity index (χ3n) is 4.53. The number of unbranched alkanes of at least 4 members (excludes halogenated alkanes) is 1. The van der Waals surface area contributed by atoms with Gasteiger partial charge in [0.2, 0.25) is 5.91 Å². The Morgan fingerprint density at radius 1 is 1.28 bits per heavy atom. The van der Waals surface area contributed by atoms with Crippen LogP contribution in [0.5, 0.6) is 0 Å². The van der Waals surface area contributed by atoms with E-state index >= 15 is 0 Å². The molecule has 0 saturated carbocycles. The van der Waals surface area contributed by atoms with Gasteiger partial charge >= 0.3 is 6.18 Å². The van der Waals surface area contributed by atoms with E-state index in [-0.39, 0.29) is 17.9 Å². The quantitative estimate of drug-likeness (QED) is 0.320. The number of hydrogen-bond acceptors (Lipinski definition) is 3. The lowest BCUT2D eigenvalue weighted by molar-refractivity contribution is -0.141. The zero-order chi connectivity index (χ0) is 23.9. The van der Waals surface area contributed by atoms with Crippen molar-refractivity contribution in [3.8, 4) is 0 Å². The van der Waals surface area contributed by atoms with Crippen LogP contribution >= 0.6 is 0 Å². The van der Waals surface area contributed by atoms with Crippen LogP contribution in [0.2, 0.25) is 0 Å². The first-order valence-electron chi connectivity index (χ1n) is 9.69. The molecule has 1 aromatic heterocycles. The molecule has 174 valence electrons. The highest BCUT2D eigenvalue weighted by molar-refractivity contribution is 7.80. The van der Waals surface area contributed by atoms with Crippen molar-refractivity contribution in [1.82, 2.24) is 10.3 Å². The molecule has 0 bridgehead atoms. The van der Waals surface area contributed by atoms with Crippen LogP contribution in [-0.4, -0.2) is 26.7 Å². The van der Waals surface area contributed by atoms with Crippen molar-refractivity contribution < 1.29 is 31.1 Å². The van der Waals surface area contributed by atoms with Gasteiger partial charge in [-0.2, -0.15) is 13.2 Å². The van der Waals surface area contributed by atoms with Crippen molar-refractivity contribution in [2.45, 2.75) is 38.9 Å². The second-order valence-corrected chi connectivity index (χ2v) is 7.91. The van der Waals surface area contributed by atoms with E-state index in [4.69, 9.17) is 4.55 Å². The summed E-state index contributed by atoms with van der Waals surface area (Å²) in [7, 11) is 1.26. The van der Waals surface area contributed by atoms with Gasteiger partial charge in [-0.25, -0.2) is 13.6 Å². The van der Waals surface area contributed by atoms with Crippen LogP contribution in [0.3, 0.4) is 0 Å². The van der Waals surface area contributed by atoms with Crippen molar-refractivity contribution in [1.29, 1.82) is 0 Å². The van der Waals surface area contributed by atoms with Crippen molar-refractivity contribution in [2.24, 2.45) is 0 Å². The number of anilines is 1. The van der Waals surface area contributed by atoms with Crippen molar-refractivity contribution in [3.63, 3.8) is 0 Å². The second-order valence-electron chi connectivity index (χ2n) is 6.90. The van der Waals surface area contributed by atoms with Gasteiger partial charge in [-0.3, -0.25) is 13.7 Å². The number of hydrogen-bond donors (Lipinski definition) is 2. The minimum atomic E-state index is -4.55. The molecular formula is C21H23F4N3O3S. The molecular weight excluding hydrogens is 450 g/mol. The molecule has 0 fully saturated rings. The number of rotatable bonds is 9. The summed E-state index contributed by atoms with van der Waals surface area (Å²) in [6, 6.07) is 6.09. The fraction of sp³-hybridized carbons (Fsp3) is 0.333. The third kappa shape index (κ3) is 7.13. The predicted octanol–water partition coefficient (Wildman–Crippen LogP) is 4.48. The van der Waals surface area contributed by atoms with Crippen LogP contribution in [-0.2, 0) is 35.2 Å². The van der Waals surface area contributed by atoms with Gasteiger partial charge in [0, 0.05) is 25.4 Å². The number of pyridine rings is 1. The molecule has 0 spiro atoms. The molecule has 0 aliphatic heterocycles. The average molecular weight is 473 g/mol. The summed E-state index contributed by atoms with van der Waals surface area (Å²) in [5, 5.41) is 2.55. The standard InChI is InChI=1S/C21H23F4N3O3S/c1-3-4-5-17-15(7-10-19(27-17)21(23,24)25)8-11-20(29)26-13-14-6-9-18(16(22)12-14)28(2)32(30)31/h6-12H,3-5,13H2,1-2H3,(H,26,29)(H,30,31). The van der Waals surface area contributed by atoms with Crippen LogP contribution in [0.15, 0.2) is 36.4 Å².